The van der Waals surface area contributed by atoms with Crippen LogP contribution in [-0.2, 0) is 19.0 Å². The summed E-state index contributed by atoms with van der Waals surface area (Å²) >= 11 is 0. The number of carbonyl (C=O) groups excluding carboxylic acids is 1. The molecule has 1 N–H and O–H groups in total. The third-order valence-corrected chi connectivity index (χ3v) is 4.15. The van der Waals surface area contributed by atoms with Crippen molar-refractivity contribution in [2.75, 3.05) is 6.61 Å². The van der Waals surface area contributed by atoms with Crippen LogP contribution < -0.4 is 10.1 Å². The van der Waals surface area contributed by atoms with Crippen molar-refractivity contribution >= 4 is 5.91 Å². The highest BCUT2D eigenvalue weighted by Gasteiger charge is 2.35. The number of rotatable bonds is 4. The molecule has 6 heteroatoms. The summed E-state index contributed by atoms with van der Waals surface area (Å²) in [6.45, 7) is 2.44. The molecule has 3 nitrogen and oxygen atoms in total. The largest absolute Gasteiger partial charge is 0.493 e. The van der Waals surface area contributed by atoms with Gasteiger partial charge in [0.05, 0.1) is 17.7 Å². The predicted octanol–water partition coefficient (Wildman–Crippen LogP) is 4.00. The molecule has 0 saturated carbocycles. The first-order valence-corrected chi connectivity index (χ1v) is 8.06. The zero-order valence-electron chi connectivity index (χ0n) is 13.7. The molecule has 2 aromatic carbocycles. The Bertz CT molecular complexity index is 786. The Labute approximate surface area is 143 Å². The lowest BCUT2D eigenvalue weighted by Gasteiger charge is -2.17. The van der Waals surface area contributed by atoms with Crippen LogP contribution in [0.25, 0.3) is 0 Å². The molecule has 25 heavy (non-hydrogen) atoms. The fourth-order valence-corrected chi connectivity index (χ4v) is 3.00. The van der Waals surface area contributed by atoms with Gasteiger partial charge in [-0.15, -0.1) is 0 Å². The van der Waals surface area contributed by atoms with Crippen LogP contribution in [0.4, 0.5) is 13.2 Å². The summed E-state index contributed by atoms with van der Waals surface area (Å²) < 4.78 is 44.5. The second-order valence-electron chi connectivity index (χ2n) is 6.16. The van der Waals surface area contributed by atoms with Gasteiger partial charge in [0.1, 0.15) is 5.75 Å². The molecule has 1 heterocycles. The van der Waals surface area contributed by atoms with E-state index in [0.29, 0.717) is 13.0 Å². The average Bonchev–Trinajstić information content (AvgIpc) is 3.01. The Hall–Kier alpha value is -2.50. The molecular weight excluding hydrogens is 331 g/mol. The van der Waals surface area contributed by atoms with Crippen molar-refractivity contribution in [3.05, 3.63) is 64.7 Å². The summed E-state index contributed by atoms with van der Waals surface area (Å²) in [4.78, 5) is 12.3. The molecule has 3 rings (SSSR count). The monoisotopic (exact) mass is 349 g/mol. The Kier molecular flexibility index (Phi) is 4.70. The molecule has 0 fully saturated rings. The number of ether oxygens (including phenoxy) is 1. The molecule has 0 saturated heterocycles. The molecule has 0 radical (unpaired) electrons. The fourth-order valence-electron chi connectivity index (χ4n) is 3.00. The van der Waals surface area contributed by atoms with Crippen molar-refractivity contribution in [3.8, 4) is 5.75 Å². The molecule has 0 spiro atoms. The van der Waals surface area contributed by atoms with E-state index in [1.807, 2.05) is 18.2 Å². The number of carbonyl (C=O) groups is 1. The minimum Gasteiger partial charge on any atom is -0.493 e. The zero-order valence-corrected chi connectivity index (χ0v) is 13.7. The van der Waals surface area contributed by atoms with Gasteiger partial charge in [-0.3, -0.25) is 4.79 Å². The molecule has 0 aliphatic carbocycles. The van der Waals surface area contributed by atoms with E-state index in [4.69, 9.17) is 4.74 Å². The predicted molar refractivity (Wildman–Crippen MR) is 87.7 cm³/mol. The van der Waals surface area contributed by atoms with Crippen LogP contribution in [0.1, 0.15) is 34.0 Å². The lowest BCUT2D eigenvalue weighted by Crippen LogP contribution is -2.35. The molecular formula is C19H18F3NO2. The number of hydrogen-bond acceptors (Lipinski definition) is 2. The number of alkyl halides is 3. The van der Waals surface area contributed by atoms with E-state index >= 15 is 0 Å². The Morgan fingerprint density at radius 1 is 1.24 bits per heavy atom. The van der Waals surface area contributed by atoms with E-state index in [1.165, 1.54) is 18.2 Å². The average molecular weight is 349 g/mol. The van der Waals surface area contributed by atoms with E-state index in [9.17, 15) is 18.0 Å². The van der Waals surface area contributed by atoms with Crippen molar-refractivity contribution in [3.63, 3.8) is 0 Å². The molecule has 1 aliphatic heterocycles. The van der Waals surface area contributed by atoms with Gasteiger partial charge in [0.15, 0.2) is 0 Å². The molecule has 0 aromatic heterocycles. The quantitative estimate of drug-likeness (QED) is 0.906. The van der Waals surface area contributed by atoms with Crippen molar-refractivity contribution in [2.24, 2.45) is 0 Å². The highest BCUT2D eigenvalue weighted by atomic mass is 19.4. The summed E-state index contributed by atoms with van der Waals surface area (Å²) in [5, 5.41) is 2.65. The second-order valence-corrected chi connectivity index (χ2v) is 6.16. The van der Waals surface area contributed by atoms with Crippen LogP contribution in [0.5, 0.6) is 5.75 Å². The smallest absolute Gasteiger partial charge is 0.417 e. The van der Waals surface area contributed by atoms with Crippen LogP contribution in [0.15, 0.2) is 42.5 Å². The topological polar surface area (TPSA) is 38.3 Å². The van der Waals surface area contributed by atoms with Crippen molar-refractivity contribution in [1.82, 2.24) is 5.32 Å². The first-order chi connectivity index (χ1) is 11.8. The summed E-state index contributed by atoms with van der Waals surface area (Å²) in [6.07, 6.45) is -3.17. The summed E-state index contributed by atoms with van der Waals surface area (Å²) in [6, 6.07) is 10.3. The number of hydrogen-bond donors (Lipinski definition) is 1. The van der Waals surface area contributed by atoms with Gasteiger partial charge in [-0.1, -0.05) is 24.3 Å². The number of nitrogens with one attached hydrogen (secondary N) is 1. The van der Waals surface area contributed by atoms with Gasteiger partial charge in [-0.25, -0.2) is 0 Å². The maximum atomic E-state index is 13.0. The third-order valence-electron chi connectivity index (χ3n) is 4.15. The van der Waals surface area contributed by atoms with E-state index in [1.54, 1.807) is 6.92 Å². The van der Waals surface area contributed by atoms with E-state index in [-0.39, 0.29) is 11.6 Å². The Morgan fingerprint density at radius 2 is 2.00 bits per heavy atom. The van der Waals surface area contributed by atoms with Gasteiger partial charge in [-0.05, 0) is 42.7 Å². The minimum atomic E-state index is -4.56. The lowest BCUT2D eigenvalue weighted by atomic mass is 10.0. The number of halogens is 3. The first kappa shape index (κ1) is 17.3. The van der Waals surface area contributed by atoms with Crippen LogP contribution in [0, 0.1) is 0 Å². The van der Waals surface area contributed by atoms with E-state index in [2.05, 4.69) is 5.32 Å². The van der Waals surface area contributed by atoms with Gasteiger partial charge in [0.25, 0.3) is 5.91 Å². The maximum Gasteiger partial charge on any atom is 0.417 e. The number of benzene rings is 2. The highest BCUT2D eigenvalue weighted by Crippen LogP contribution is 2.32. The molecule has 1 amide bonds. The number of amides is 1. The maximum absolute atomic E-state index is 13.0. The Morgan fingerprint density at radius 3 is 2.76 bits per heavy atom. The highest BCUT2D eigenvalue weighted by molar-refractivity contribution is 5.96. The minimum absolute atomic E-state index is 0.297. The lowest BCUT2D eigenvalue weighted by molar-refractivity contribution is -0.137. The van der Waals surface area contributed by atoms with Crippen molar-refractivity contribution in [1.29, 1.82) is 0 Å². The van der Waals surface area contributed by atoms with Crippen LogP contribution in [0.3, 0.4) is 0 Å². The van der Waals surface area contributed by atoms with Crippen LogP contribution in [-0.4, -0.2) is 18.6 Å². The normalized spacial score (nSPS) is 14.6. The molecule has 0 unspecified atom stereocenters. The standard InChI is InChI=1S/C19H18F3NO2/c1-12(10-13-6-7-17-14(11-13)8-9-25-17)23-18(24)15-4-2-3-5-16(15)19(20,21)22/h2-7,11-12H,8-10H2,1H3,(H,23,24)/t12-/m0/s1. The Balaban J connectivity index is 1.69. The number of fused-ring (bicyclic) bond motifs is 1. The first-order valence-electron chi connectivity index (χ1n) is 8.06. The molecule has 0 bridgehead atoms. The van der Waals surface area contributed by atoms with Crippen molar-refractivity contribution in [2.45, 2.75) is 32.0 Å². The van der Waals surface area contributed by atoms with Crippen molar-refractivity contribution < 1.29 is 22.7 Å². The molecule has 2 aromatic rings. The van der Waals surface area contributed by atoms with Gasteiger partial charge in [0, 0.05) is 12.5 Å². The van der Waals surface area contributed by atoms with E-state index < -0.39 is 17.6 Å². The fraction of sp³-hybridized carbons (Fsp3) is 0.316. The molecule has 132 valence electrons. The molecule has 1 atom stereocenters. The van der Waals surface area contributed by atoms with Crippen LogP contribution in [0.2, 0.25) is 0 Å². The van der Waals surface area contributed by atoms with Crippen LogP contribution >= 0.6 is 0 Å². The van der Waals surface area contributed by atoms with Gasteiger partial charge in [0.2, 0.25) is 0 Å². The van der Waals surface area contributed by atoms with Gasteiger partial charge in [-0.2, -0.15) is 13.2 Å². The summed E-state index contributed by atoms with van der Waals surface area (Å²) in [5.74, 6) is 0.157. The SMILES string of the molecule is C[C@@H](Cc1ccc2c(c1)CCO2)NC(=O)c1ccccc1C(F)(F)F. The van der Waals surface area contributed by atoms with Gasteiger partial charge >= 0.3 is 6.18 Å². The summed E-state index contributed by atoms with van der Waals surface area (Å²) in [5.41, 5.74) is 0.859. The third kappa shape index (κ3) is 3.95. The zero-order chi connectivity index (χ0) is 18.0. The summed E-state index contributed by atoms with van der Waals surface area (Å²) in [7, 11) is 0. The second kappa shape index (κ2) is 6.78. The van der Waals surface area contributed by atoms with Gasteiger partial charge < -0.3 is 10.1 Å². The molecule has 1 aliphatic rings. The van der Waals surface area contributed by atoms with E-state index in [0.717, 1.165) is 29.4 Å².